The average Bonchev–Trinajstić information content (AvgIpc) is 3.34. The highest BCUT2D eigenvalue weighted by atomic mass is 16.7. The van der Waals surface area contributed by atoms with E-state index in [-0.39, 0.29) is 23.0 Å². The fourth-order valence-corrected chi connectivity index (χ4v) is 7.05. The molecule has 1 N–H and O–H groups in total. The van der Waals surface area contributed by atoms with Crippen LogP contribution in [0.1, 0.15) is 79.7 Å². The van der Waals surface area contributed by atoms with Crippen molar-refractivity contribution < 1.29 is 37.9 Å². The Kier molecular flexibility index (Phi) is 8.67. The van der Waals surface area contributed by atoms with Crippen LogP contribution in [0.5, 0.6) is 5.75 Å². The number of nitrogens with one attached hydrogen (secondary N) is 1. The molecule has 1 amide bonds. The second-order valence-electron chi connectivity index (χ2n) is 12.3. The lowest BCUT2D eigenvalue weighted by Crippen LogP contribution is -2.65. The van der Waals surface area contributed by atoms with Crippen LogP contribution in [0.3, 0.4) is 0 Å². The van der Waals surface area contributed by atoms with Crippen LogP contribution in [0.2, 0.25) is 0 Å². The van der Waals surface area contributed by atoms with Gasteiger partial charge in [0.1, 0.15) is 11.3 Å². The molecular formula is C32H40BNO8. The molecular weight excluding hydrogens is 537 g/mol. The summed E-state index contributed by atoms with van der Waals surface area (Å²) in [7, 11) is 0.831. The number of ether oxygens (including phenoxy) is 3. The fourth-order valence-electron chi connectivity index (χ4n) is 7.05. The molecule has 4 aliphatic rings. The summed E-state index contributed by atoms with van der Waals surface area (Å²) >= 11 is 0. The maximum Gasteiger partial charge on any atom is 0.482 e. The number of carbonyl (C=O) groups is 3. The second-order valence-corrected chi connectivity index (χ2v) is 12.3. The number of methoxy groups -OCH3 is 1. The van der Waals surface area contributed by atoms with Crippen LogP contribution in [0, 0.1) is 17.3 Å². The Morgan fingerprint density at radius 3 is 2.45 bits per heavy atom. The Hall–Kier alpha value is -3.37. The van der Waals surface area contributed by atoms with E-state index < -0.39 is 37.4 Å². The molecule has 6 rings (SSSR count). The average molecular weight is 577 g/mol. The Morgan fingerprint density at radius 2 is 1.76 bits per heavy atom. The van der Waals surface area contributed by atoms with Gasteiger partial charge in [-0.15, -0.1) is 0 Å². The van der Waals surface area contributed by atoms with E-state index >= 15 is 0 Å². The van der Waals surface area contributed by atoms with Gasteiger partial charge in [0, 0.05) is 6.42 Å². The Bertz CT molecular complexity index is 1320. The first-order valence-electron chi connectivity index (χ1n) is 14.8. The molecule has 2 aromatic carbocycles. The van der Waals surface area contributed by atoms with Crippen LogP contribution in [-0.2, 0) is 30.0 Å². The summed E-state index contributed by atoms with van der Waals surface area (Å²) in [5, 5.41) is 3.13. The number of benzene rings is 2. The molecule has 5 atom stereocenters. The van der Waals surface area contributed by atoms with Gasteiger partial charge in [-0.1, -0.05) is 51.1 Å². The third kappa shape index (κ3) is 5.66. The number of esters is 2. The van der Waals surface area contributed by atoms with E-state index in [9.17, 15) is 14.4 Å². The van der Waals surface area contributed by atoms with E-state index in [0.29, 0.717) is 48.0 Å². The number of hydrogen-bond acceptors (Lipinski definition) is 8. The van der Waals surface area contributed by atoms with E-state index in [1.54, 1.807) is 42.5 Å². The lowest BCUT2D eigenvalue weighted by molar-refractivity contribution is -0.199. The minimum absolute atomic E-state index is 0.0355. The lowest BCUT2D eigenvalue weighted by atomic mass is 9.43. The number of carbonyl (C=O) groups excluding carboxylic acids is 3. The first-order chi connectivity index (χ1) is 20.1. The number of hydrogen-bond donors (Lipinski definition) is 1. The summed E-state index contributed by atoms with van der Waals surface area (Å²) in [6.45, 7) is 8.17. The van der Waals surface area contributed by atoms with Crippen LogP contribution < -0.4 is 10.1 Å². The topological polar surface area (TPSA) is 109 Å². The predicted molar refractivity (Wildman–Crippen MR) is 156 cm³/mol. The summed E-state index contributed by atoms with van der Waals surface area (Å²) in [5.74, 6) is -0.582. The Balaban J connectivity index is 1.31. The smallest absolute Gasteiger partial charge is 0.482 e. The van der Waals surface area contributed by atoms with Crippen LogP contribution in [0.15, 0.2) is 48.5 Å². The molecule has 1 heterocycles. The first-order valence-corrected chi connectivity index (χ1v) is 14.8. The van der Waals surface area contributed by atoms with Gasteiger partial charge in [-0.2, -0.15) is 0 Å². The van der Waals surface area contributed by atoms with Crippen molar-refractivity contribution in [3.05, 3.63) is 65.2 Å². The monoisotopic (exact) mass is 577 g/mol. The van der Waals surface area contributed by atoms with Crippen molar-refractivity contribution in [2.75, 3.05) is 13.9 Å². The highest BCUT2D eigenvalue weighted by molar-refractivity contribution is 6.48. The summed E-state index contributed by atoms with van der Waals surface area (Å²) in [6.07, 6.45) is 3.43. The fraction of sp³-hybridized carbons (Fsp3) is 0.531. The zero-order valence-electron chi connectivity index (χ0n) is 25.0. The molecule has 10 heteroatoms. The molecule has 1 saturated heterocycles. The third-order valence-corrected chi connectivity index (χ3v) is 9.47. The van der Waals surface area contributed by atoms with Crippen LogP contribution >= 0.6 is 0 Å². The number of rotatable bonds is 11. The standard InChI is InChI=1S/C32H40BNO8/c1-6-11-27(35)34-26(33-41-25-18-22-17-24(31(22,2)3)32(25,4)42-33)16-21-14-10-15-23(28(21)38-5)30(37)40-19-39-29(36)20-12-8-7-9-13-20/h7-10,12-15,22,24-26H,6,11,16-19H2,1-5H3,(H,34,35). The van der Waals surface area contributed by atoms with Crippen LogP contribution in [0.25, 0.3) is 0 Å². The maximum absolute atomic E-state index is 13.0. The van der Waals surface area contributed by atoms with Gasteiger partial charge in [0.25, 0.3) is 0 Å². The van der Waals surface area contributed by atoms with E-state index in [1.807, 2.05) is 13.0 Å². The van der Waals surface area contributed by atoms with Crippen molar-refractivity contribution in [1.82, 2.24) is 5.32 Å². The molecule has 3 aliphatic carbocycles. The van der Waals surface area contributed by atoms with E-state index in [0.717, 1.165) is 12.8 Å². The predicted octanol–water partition coefficient (Wildman–Crippen LogP) is 4.76. The molecule has 3 saturated carbocycles. The molecule has 2 bridgehead atoms. The zero-order valence-corrected chi connectivity index (χ0v) is 25.0. The first kappa shape index (κ1) is 30.1. The van der Waals surface area contributed by atoms with Gasteiger partial charge in [0.15, 0.2) is 0 Å². The van der Waals surface area contributed by atoms with Gasteiger partial charge in [-0.25, -0.2) is 9.59 Å². The van der Waals surface area contributed by atoms with Gasteiger partial charge in [-0.05, 0) is 73.6 Å². The van der Waals surface area contributed by atoms with Crippen LogP contribution in [-0.4, -0.2) is 56.5 Å². The van der Waals surface area contributed by atoms with E-state index in [4.69, 9.17) is 23.5 Å². The highest BCUT2D eigenvalue weighted by Gasteiger charge is 2.68. The molecule has 0 radical (unpaired) electrons. The van der Waals surface area contributed by atoms with Gasteiger partial charge in [0.2, 0.25) is 12.7 Å². The minimum atomic E-state index is -0.699. The van der Waals surface area contributed by atoms with Gasteiger partial charge >= 0.3 is 19.1 Å². The summed E-state index contributed by atoms with van der Waals surface area (Å²) < 4.78 is 29.2. The highest BCUT2D eigenvalue weighted by Crippen LogP contribution is 2.65. The Labute approximate surface area is 247 Å². The van der Waals surface area contributed by atoms with Crippen molar-refractivity contribution in [1.29, 1.82) is 0 Å². The largest absolute Gasteiger partial charge is 0.496 e. The normalized spacial score (nSPS) is 25.9. The quantitative estimate of drug-likeness (QED) is 0.231. The molecule has 2 aromatic rings. The maximum atomic E-state index is 13.0. The molecule has 42 heavy (non-hydrogen) atoms. The SMILES string of the molecule is CCCC(=O)NC(Cc1cccc(C(=O)OCOC(=O)c2ccccc2)c1OC)B1OC2CC3CC(C3(C)C)C2(C)O1. The molecule has 0 spiro atoms. The van der Waals surface area contributed by atoms with Crippen LogP contribution in [0.4, 0.5) is 0 Å². The third-order valence-electron chi connectivity index (χ3n) is 9.47. The summed E-state index contributed by atoms with van der Waals surface area (Å²) in [5.41, 5.74) is 0.990. The minimum Gasteiger partial charge on any atom is -0.496 e. The van der Waals surface area contributed by atoms with Crippen molar-refractivity contribution >= 4 is 25.0 Å². The molecule has 224 valence electrons. The second kappa shape index (κ2) is 12.1. The van der Waals surface area contributed by atoms with Gasteiger partial charge in [0.05, 0.1) is 30.3 Å². The number of para-hydroxylation sites is 1. The molecule has 5 unspecified atom stereocenters. The van der Waals surface area contributed by atoms with Crippen molar-refractivity contribution in [2.24, 2.45) is 17.3 Å². The van der Waals surface area contributed by atoms with Crippen molar-refractivity contribution in [3.8, 4) is 5.75 Å². The number of amides is 1. The molecule has 4 fully saturated rings. The molecule has 1 aliphatic heterocycles. The van der Waals surface area contributed by atoms with Gasteiger partial charge in [-0.3, -0.25) is 4.79 Å². The van der Waals surface area contributed by atoms with Crippen molar-refractivity contribution in [3.63, 3.8) is 0 Å². The lowest BCUT2D eigenvalue weighted by Gasteiger charge is -2.64. The van der Waals surface area contributed by atoms with E-state index in [1.165, 1.54) is 7.11 Å². The zero-order chi connectivity index (χ0) is 30.1. The van der Waals surface area contributed by atoms with Gasteiger partial charge < -0.3 is 28.8 Å². The molecule has 0 aromatic heterocycles. The summed E-state index contributed by atoms with van der Waals surface area (Å²) in [6, 6.07) is 13.6. The molecule has 9 nitrogen and oxygen atoms in total. The summed E-state index contributed by atoms with van der Waals surface area (Å²) in [4.78, 5) is 38.0. The Morgan fingerprint density at radius 1 is 1.02 bits per heavy atom. The van der Waals surface area contributed by atoms with Crippen molar-refractivity contribution in [2.45, 2.75) is 77.4 Å². The van der Waals surface area contributed by atoms with E-state index in [2.05, 4.69) is 26.1 Å².